The summed E-state index contributed by atoms with van der Waals surface area (Å²) in [6.45, 7) is 10.7. The van der Waals surface area contributed by atoms with Gasteiger partial charge in [0, 0.05) is 9.62 Å². The molecule has 2 heteroatoms. The molecule has 1 atom stereocenters. The van der Waals surface area contributed by atoms with Crippen LogP contribution in [0.5, 0.6) is 0 Å². The zero-order valence-electron chi connectivity index (χ0n) is 9.19. The zero-order valence-corrected chi connectivity index (χ0v) is 11.3. The fourth-order valence-electron chi connectivity index (χ4n) is 1.01. The smallest absolute Gasteiger partial charge is 0.0266 e. The highest BCUT2D eigenvalue weighted by molar-refractivity contribution is 14.1. The van der Waals surface area contributed by atoms with Gasteiger partial charge in [-0.25, -0.2) is 0 Å². The standard InChI is InChI=1S/C11H20IN/c1-8(12)6-10(7-9(2)13)11(3,4)5/h6-8H,13H2,1-5H3/b9-7-,10-6+. The maximum absolute atomic E-state index is 5.68. The van der Waals surface area contributed by atoms with Crippen molar-refractivity contribution in [1.82, 2.24) is 0 Å². The van der Waals surface area contributed by atoms with Crippen molar-refractivity contribution in [2.24, 2.45) is 11.1 Å². The molecule has 0 radical (unpaired) electrons. The average molecular weight is 293 g/mol. The van der Waals surface area contributed by atoms with Crippen molar-refractivity contribution in [2.75, 3.05) is 0 Å². The first kappa shape index (κ1) is 13.0. The summed E-state index contributed by atoms with van der Waals surface area (Å²) >= 11 is 2.40. The van der Waals surface area contributed by atoms with Crippen LogP contribution in [0.1, 0.15) is 34.6 Å². The molecule has 2 N–H and O–H groups in total. The molecule has 0 saturated carbocycles. The van der Waals surface area contributed by atoms with Gasteiger partial charge in [0.15, 0.2) is 0 Å². The summed E-state index contributed by atoms with van der Waals surface area (Å²) in [5.74, 6) is 0. The lowest BCUT2D eigenvalue weighted by atomic mass is 9.85. The zero-order chi connectivity index (χ0) is 10.6. The lowest BCUT2D eigenvalue weighted by Gasteiger charge is -2.21. The monoisotopic (exact) mass is 293 g/mol. The van der Waals surface area contributed by atoms with Gasteiger partial charge in [0.1, 0.15) is 0 Å². The molecule has 0 aliphatic rings. The summed E-state index contributed by atoms with van der Waals surface area (Å²) in [5, 5.41) is 0. The van der Waals surface area contributed by atoms with Crippen LogP contribution >= 0.6 is 22.6 Å². The molecule has 1 unspecified atom stereocenters. The predicted molar refractivity (Wildman–Crippen MR) is 69.0 cm³/mol. The fourth-order valence-corrected chi connectivity index (χ4v) is 1.39. The van der Waals surface area contributed by atoms with E-state index in [0.29, 0.717) is 3.92 Å². The highest BCUT2D eigenvalue weighted by Gasteiger charge is 2.15. The number of rotatable bonds is 2. The Balaban J connectivity index is 4.89. The molecule has 0 amide bonds. The molecule has 0 fully saturated rings. The molecule has 0 aliphatic carbocycles. The van der Waals surface area contributed by atoms with Crippen LogP contribution in [0.4, 0.5) is 0 Å². The largest absolute Gasteiger partial charge is 0.402 e. The van der Waals surface area contributed by atoms with E-state index in [1.807, 2.05) is 6.92 Å². The highest BCUT2D eigenvalue weighted by atomic mass is 127. The highest BCUT2D eigenvalue weighted by Crippen LogP contribution is 2.28. The van der Waals surface area contributed by atoms with Gasteiger partial charge in [-0.3, -0.25) is 0 Å². The van der Waals surface area contributed by atoms with Gasteiger partial charge in [-0.15, -0.1) is 0 Å². The van der Waals surface area contributed by atoms with Crippen molar-refractivity contribution in [3.05, 3.63) is 23.4 Å². The Bertz CT molecular complexity index is 215. The van der Waals surface area contributed by atoms with Crippen molar-refractivity contribution in [2.45, 2.75) is 38.5 Å². The minimum Gasteiger partial charge on any atom is -0.402 e. The van der Waals surface area contributed by atoms with Gasteiger partial charge >= 0.3 is 0 Å². The molecule has 0 aromatic heterocycles. The maximum Gasteiger partial charge on any atom is 0.0266 e. The van der Waals surface area contributed by atoms with Gasteiger partial charge in [-0.2, -0.15) is 0 Å². The molecular weight excluding hydrogens is 273 g/mol. The summed E-state index contributed by atoms with van der Waals surface area (Å²) < 4.78 is 0.544. The van der Waals surface area contributed by atoms with Gasteiger partial charge in [0.2, 0.25) is 0 Å². The van der Waals surface area contributed by atoms with E-state index in [4.69, 9.17) is 5.73 Å². The molecule has 0 aromatic rings. The third-order valence-corrected chi connectivity index (χ3v) is 2.02. The number of hydrogen-bond donors (Lipinski definition) is 1. The first-order chi connectivity index (χ1) is 5.73. The number of nitrogens with two attached hydrogens (primary N) is 1. The van der Waals surface area contributed by atoms with Gasteiger partial charge in [0.05, 0.1) is 0 Å². The third-order valence-electron chi connectivity index (χ3n) is 1.66. The Labute approximate surface area is 95.6 Å². The first-order valence-corrected chi connectivity index (χ1v) is 5.78. The van der Waals surface area contributed by atoms with E-state index in [1.54, 1.807) is 0 Å². The van der Waals surface area contributed by atoms with E-state index in [2.05, 4.69) is 62.4 Å². The number of alkyl halides is 1. The molecule has 1 nitrogen and oxygen atoms in total. The van der Waals surface area contributed by atoms with Crippen molar-refractivity contribution in [3.8, 4) is 0 Å². The Kier molecular flexibility index (Phi) is 5.04. The summed E-state index contributed by atoms with van der Waals surface area (Å²) in [6.07, 6.45) is 4.33. The molecule has 13 heavy (non-hydrogen) atoms. The maximum atomic E-state index is 5.68. The summed E-state index contributed by atoms with van der Waals surface area (Å²) in [4.78, 5) is 0. The summed E-state index contributed by atoms with van der Waals surface area (Å²) in [5.41, 5.74) is 8.05. The fraction of sp³-hybridized carbons (Fsp3) is 0.636. The average Bonchev–Trinajstić information content (AvgIpc) is 1.81. The lowest BCUT2D eigenvalue weighted by Crippen LogP contribution is -2.10. The second kappa shape index (κ2) is 5.03. The van der Waals surface area contributed by atoms with Crippen LogP contribution in [0.2, 0.25) is 0 Å². The number of allylic oxidation sites excluding steroid dienone is 4. The second-order valence-corrected chi connectivity index (χ2v) is 6.40. The molecule has 0 bridgehead atoms. The van der Waals surface area contributed by atoms with Crippen molar-refractivity contribution >= 4 is 22.6 Å². The molecule has 0 aliphatic heterocycles. The van der Waals surface area contributed by atoms with Gasteiger partial charge in [0.25, 0.3) is 0 Å². The van der Waals surface area contributed by atoms with Crippen LogP contribution < -0.4 is 5.73 Å². The second-order valence-electron chi connectivity index (χ2n) is 4.44. The molecule has 0 heterocycles. The molecule has 76 valence electrons. The predicted octanol–water partition coefficient (Wildman–Crippen LogP) is 3.64. The lowest BCUT2D eigenvalue weighted by molar-refractivity contribution is 0.514. The van der Waals surface area contributed by atoms with Crippen LogP contribution in [-0.4, -0.2) is 3.92 Å². The molecule has 0 saturated heterocycles. The van der Waals surface area contributed by atoms with Crippen LogP contribution in [0, 0.1) is 5.41 Å². The summed E-state index contributed by atoms with van der Waals surface area (Å²) in [7, 11) is 0. The Morgan fingerprint density at radius 1 is 1.38 bits per heavy atom. The van der Waals surface area contributed by atoms with Gasteiger partial charge in [-0.1, -0.05) is 49.4 Å². The molecule has 0 spiro atoms. The van der Waals surface area contributed by atoms with Crippen molar-refractivity contribution in [3.63, 3.8) is 0 Å². The van der Waals surface area contributed by atoms with E-state index in [-0.39, 0.29) is 5.41 Å². The van der Waals surface area contributed by atoms with Crippen LogP contribution in [0.15, 0.2) is 23.4 Å². The van der Waals surface area contributed by atoms with Crippen LogP contribution in [-0.2, 0) is 0 Å². The normalized spacial score (nSPS) is 17.4. The Morgan fingerprint density at radius 2 is 1.85 bits per heavy atom. The quantitative estimate of drug-likeness (QED) is 0.469. The first-order valence-electron chi connectivity index (χ1n) is 4.53. The van der Waals surface area contributed by atoms with Crippen LogP contribution in [0.3, 0.4) is 0 Å². The van der Waals surface area contributed by atoms with Crippen molar-refractivity contribution in [1.29, 1.82) is 0 Å². The van der Waals surface area contributed by atoms with Gasteiger partial charge in [-0.05, 0) is 30.9 Å². The van der Waals surface area contributed by atoms with E-state index < -0.39 is 0 Å². The molecule has 0 rings (SSSR count). The minimum absolute atomic E-state index is 0.181. The number of halogens is 1. The van der Waals surface area contributed by atoms with E-state index in [0.717, 1.165) is 5.70 Å². The van der Waals surface area contributed by atoms with E-state index in [1.165, 1.54) is 5.57 Å². The SMILES string of the molecule is C/C(N)=C/C(=C\C(C)I)C(C)(C)C. The topological polar surface area (TPSA) is 26.0 Å². The Morgan fingerprint density at radius 3 is 2.08 bits per heavy atom. The van der Waals surface area contributed by atoms with E-state index in [9.17, 15) is 0 Å². The Hall–Kier alpha value is 0.01000. The summed E-state index contributed by atoms with van der Waals surface area (Å²) in [6, 6.07) is 0. The van der Waals surface area contributed by atoms with Gasteiger partial charge < -0.3 is 5.73 Å². The molecular formula is C11H20IN. The van der Waals surface area contributed by atoms with Crippen LogP contribution in [0.25, 0.3) is 0 Å². The third kappa shape index (κ3) is 6.13. The minimum atomic E-state index is 0.181. The molecule has 0 aromatic carbocycles. The van der Waals surface area contributed by atoms with Crippen molar-refractivity contribution < 1.29 is 0 Å². The van der Waals surface area contributed by atoms with E-state index >= 15 is 0 Å². The number of hydrogen-bond acceptors (Lipinski definition) is 1.